The van der Waals surface area contributed by atoms with Gasteiger partial charge in [-0.2, -0.15) is 0 Å². The van der Waals surface area contributed by atoms with Gasteiger partial charge in [0, 0.05) is 0 Å². The fourth-order valence-corrected chi connectivity index (χ4v) is 2.23. The summed E-state index contributed by atoms with van der Waals surface area (Å²) >= 11 is 0. The Bertz CT molecular complexity index is 129. The Morgan fingerprint density at radius 3 is 1.71 bits per heavy atom. The first kappa shape index (κ1) is 14.0. The summed E-state index contributed by atoms with van der Waals surface area (Å²) in [6, 6.07) is 0. The molecule has 0 aromatic carbocycles. The molecule has 0 heteroatoms. The molecule has 0 aromatic heterocycles. The summed E-state index contributed by atoms with van der Waals surface area (Å²) in [5.41, 5.74) is 0.559. The number of hydrogen-bond donors (Lipinski definition) is 0. The van der Waals surface area contributed by atoms with Crippen molar-refractivity contribution in [3.05, 3.63) is 0 Å². The summed E-state index contributed by atoms with van der Waals surface area (Å²) < 4.78 is 0. The fourth-order valence-electron chi connectivity index (χ4n) is 2.23. The Morgan fingerprint density at radius 2 is 1.50 bits per heavy atom. The highest BCUT2D eigenvalue weighted by atomic mass is 14.4. The molecule has 1 aliphatic carbocycles. The van der Waals surface area contributed by atoms with E-state index in [1.807, 2.05) is 0 Å². The molecule has 1 saturated carbocycles. The first-order valence-electron chi connectivity index (χ1n) is 6.45. The molecule has 0 aromatic rings. The monoisotopic (exact) mass is 198 g/mol. The predicted octanol–water partition coefficient (Wildman–Crippen LogP) is 5.28. The molecule has 0 saturated heterocycles. The van der Waals surface area contributed by atoms with Crippen LogP contribution in [0.5, 0.6) is 0 Å². The van der Waals surface area contributed by atoms with Crippen LogP contribution in [0.3, 0.4) is 0 Å². The Kier molecular flexibility index (Phi) is 6.48. The van der Waals surface area contributed by atoms with Crippen LogP contribution in [0, 0.1) is 17.3 Å². The third kappa shape index (κ3) is 5.02. The van der Waals surface area contributed by atoms with Crippen molar-refractivity contribution >= 4 is 0 Å². The third-order valence-electron chi connectivity index (χ3n) is 3.34. The third-order valence-corrected chi connectivity index (χ3v) is 3.34. The van der Waals surface area contributed by atoms with Crippen molar-refractivity contribution < 1.29 is 0 Å². The van der Waals surface area contributed by atoms with Gasteiger partial charge in [-0.1, -0.05) is 60.8 Å². The summed E-state index contributed by atoms with van der Waals surface area (Å²) in [5.74, 6) is 2.03. The van der Waals surface area contributed by atoms with Crippen molar-refractivity contribution in [3.8, 4) is 0 Å². The van der Waals surface area contributed by atoms with Gasteiger partial charge in [-0.3, -0.25) is 0 Å². The lowest BCUT2D eigenvalue weighted by Crippen LogP contribution is -2.17. The van der Waals surface area contributed by atoms with Crippen LogP contribution in [0.25, 0.3) is 0 Å². The summed E-state index contributed by atoms with van der Waals surface area (Å²) in [5, 5.41) is 0. The largest absolute Gasteiger partial charge is 0.0656 e. The second-order valence-corrected chi connectivity index (χ2v) is 5.86. The molecule has 1 aliphatic rings. The van der Waals surface area contributed by atoms with E-state index in [9.17, 15) is 0 Å². The van der Waals surface area contributed by atoms with E-state index in [0.29, 0.717) is 5.41 Å². The second kappa shape index (κ2) is 6.48. The molecule has 0 radical (unpaired) electrons. The molecule has 0 amide bonds. The van der Waals surface area contributed by atoms with E-state index in [4.69, 9.17) is 0 Å². The standard InChI is InChI=1S/C11H22.C3H8/c1-5-9-6-7-10(8-9)11(2,3)4;1-3-2/h9-10H,5-8H2,1-4H3;3H2,1-2H3. The van der Waals surface area contributed by atoms with Crippen molar-refractivity contribution in [3.63, 3.8) is 0 Å². The highest BCUT2D eigenvalue weighted by Gasteiger charge is 2.31. The van der Waals surface area contributed by atoms with Gasteiger partial charge in [0.05, 0.1) is 0 Å². The summed E-state index contributed by atoms with van der Waals surface area (Å²) in [7, 11) is 0. The van der Waals surface area contributed by atoms with Crippen LogP contribution < -0.4 is 0 Å². The maximum absolute atomic E-state index is 2.38. The Balaban J connectivity index is 0.000000500. The van der Waals surface area contributed by atoms with Gasteiger partial charge < -0.3 is 0 Å². The molecule has 86 valence electrons. The number of hydrogen-bond acceptors (Lipinski definition) is 0. The van der Waals surface area contributed by atoms with Crippen molar-refractivity contribution in [2.45, 2.75) is 73.6 Å². The Labute approximate surface area is 91.5 Å². The molecule has 0 spiro atoms. The lowest BCUT2D eigenvalue weighted by molar-refractivity contribution is 0.238. The van der Waals surface area contributed by atoms with Crippen LogP contribution >= 0.6 is 0 Å². The average molecular weight is 198 g/mol. The summed E-state index contributed by atoms with van der Waals surface area (Å²) in [6.45, 7) is 13.7. The normalized spacial score (nSPS) is 27.0. The first-order chi connectivity index (χ1) is 6.45. The van der Waals surface area contributed by atoms with Crippen LogP contribution in [-0.2, 0) is 0 Å². The van der Waals surface area contributed by atoms with Gasteiger partial charge in [-0.15, -0.1) is 0 Å². The van der Waals surface area contributed by atoms with Crippen LogP contribution in [-0.4, -0.2) is 0 Å². The van der Waals surface area contributed by atoms with Crippen LogP contribution in [0.1, 0.15) is 73.6 Å². The van der Waals surface area contributed by atoms with Crippen LogP contribution in [0.15, 0.2) is 0 Å². The minimum atomic E-state index is 0.559. The van der Waals surface area contributed by atoms with Gasteiger partial charge in [0.25, 0.3) is 0 Å². The minimum Gasteiger partial charge on any atom is -0.0656 e. The molecule has 0 bridgehead atoms. The highest BCUT2D eigenvalue weighted by Crippen LogP contribution is 2.42. The van der Waals surface area contributed by atoms with E-state index in [0.717, 1.165) is 11.8 Å². The molecule has 2 atom stereocenters. The van der Waals surface area contributed by atoms with E-state index in [2.05, 4.69) is 41.5 Å². The minimum absolute atomic E-state index is 0.559. The quantitative estimate of drug-likeness (QED) is 0.538. The van der Waals surface area contributed by atoms with Gasteiger partial charge in [-0.25, -0.2) is 0 Å². The SMILES string of the molecule is CCC.CCC1CCC(C(C)(C)C)C1. The van der Waals surface area contributed by atoms with Crippen LogP contribution in [0.4, 0.5) is 0 Å². The van der Waals surface area contributed by atoms with E-state index in [1.165, 1.54) is 32.1 Å². The molecular weight excluding hydrogens is 168 g/mol. The summed E-state index contributed by atoms with van der Waals surface area (Å²) in [4.78, 5) is 0. The van der Waals surface area contributed by atoms with E-state index in [1.54, 1.807) is 0 Å². The van der Waals surface area contributed by atoms with Crippen LogP contribution in [0.2, 0.25) is 0 Å². The lowest BCUT2D eigenvalue weighted by Gasteiger charge is -2.26. The van der Waals surface area contributed by atoms with Gasteiger partial charge in [0.1, 0.15) is 0 Å². The zero-order valence-electron chi connectivity index (χ0n) is 11.2. The molecule has 0 nitrogen and oxygen atoms in total. The van der Waals surface area contributed by atoms with Gasteiger partial charge >= 0.3 is 0 Å². The van der Waals surface area contributed by atoms with Crippen molar-refractivity contribution in [1.29, 1.82) is 0 Å². The smallest absolute Gasteiger partial charge is 0.0354 e. The lowest BCUT2D eigenvalue weighted by atomic mass is 9.79. The van der Waals surface area contributed by atoms with Gasteiger partial charge in [0.2, 0.25) is 0 Å². The zero-order valence-corrected chi connectivity index (χ0v) is 11.2. The highest BCUT2D eigenvalue weighted by molar-refractivity contribution is 4.82. The molecule has 1 fully saturated rings. The van der Waals surface area contributed by atoms with Gasteiger partial charge in [-0.05, 0) is 30.1 Å². The van der Waals surface area contributed by atoms with Crippen molar-refractivity contribution in [1.82, 2.24) is 0 Å². The Morgan fingerprint density at radius 1 is 1.00 bits per heavy atom. The van der Waals surface area contributed by atoms with Crippen molar-refractivity contribution in [2.75, 3.05) is 0 Å². The van der Waals surface area contributed by atoms with E-state index in [-0.39, 0.29) is 0 Å². The first-order valence-corrected chi connectivity index (χ1v) is 6.45. The van der Waals surface area contributed by atoms with Crippen molar-refractivity contribution in [2.24, 2.45) is 17.3 Å². The average Bonchev–Trinajstić information content (AvgIpc) is 2.52. The molecule has 2 unspecified atom stereocenters. The maximum atomic E-state index is 2.38. The topological polar surface area (TPSA) is 0 Å². The molecule has 1 rings (SSSR count). The predicted molar refractivity (Wildman–Crippen MR) is 66.5 cm³/mol. The second-order valence-electron chi connectivity index (χ2n) is 5.86. The molecular formula is C14H30. The molecule has 14 heavy (non-hydrogen) atoms. The van der Waals surface area contributed by atoms with E-state index < -0.39 is 0 Å². The fraction of sp³-hybridized carbons (Fsp3) is 1.00. The molecule has 0 heterocycles. The van der Waals surface area contributed by atoms with E-state index >= 15 is 0 Å². The zero-order chi connectivity index (χ0) is 11.2. The number of rotatable bonds is 1. The summed E-state index contributed by atoms with van der Waals surface area (Å²) in [6.07, 6.45) is 7.09. The maximum Gasteiger partial charge on any atom is -0.0354 e. The molecule has 0 aliphatic heterocycles. The Hall–Kier alpha value is 0. The van der Waals surface area contributed by atoms with Gasteiger partial charge in [0.15, 0.2) is 0 Å². The molecule has 0 N–H and O–H groups in total.